The highest BCUT2D eigenvalue weighted by Crippen LogP contribution is 2.27. The Hall–Kier alpha value is -1.03. The van der Waals surface area contributed by atoms with Gasteiger partial charge >= 0.3 is 0 Å². The number of rotatable bonds is 2. The molecule has 0 bridgehead atoms. The van der Waals surface area contributed by atoms with Crippen molar-refractivity contribution in [1.82, 2.24) is 9.97 Å². The van der Waals surface area contributed by atoms with Crippen LogP contribution in [-0.4, -0.2) is 9.97 Å². The van der Waals surface area contributed by atoms with E-state index in [0.29, 0.717) is 16.4 Å². The Bertz CT molecular complexity index is 517. The van der Waals surface area contributed by atoms with Gasteiger partial charge in [-0.3, -0.25) is 0 Å². The summed E-state index contributed by atoms with van der Waals surface area (Å²) in [5.41, 5.74) is 2.17. The van der Waals surface area contributed by atoms with Gasteiger partial charge in [0, 0.05) is 10.7 Å². The second-order valence-electron chi connectivity index (χ2n) is 3.38. The van der Waals surface area contributed by atoms with Crippen molar-refractivity contribution in [3.05, 3.63) is 45.4 Å². The summed E-state index contributed by atoms with van der Waals surface area (Å²) >= 11 is 17.5. The second kappa shape index (κ2) is 5.08. The van der Waals surface area contributed by atoms with Gasteiger partial charge in [-0.2, -0.15) is 0 Å². The van der Waals surface area contributed by atoms with Gasteiger partial charge in [-0.25, -0.2) is 9.97 Å². The highest BCUT2D eigenvalue weighted by molar-refractivity contribution is 6.34. The van der Waals surface area contributed by atoms with Crippen LogP contribution in [0.1, 0.15) is 5.69 Å². The van der Waals surface area contributed by atoms with Gasteiger partial charge in [0.25, 0.3) is 0 Å². The first-order valence-electron chi connectivity index (χ1n) is 4.78. The normalized spacial score (nSPS) is 10.4. The minimum absolute atomic E-state index is 0.133. The Morgan fingerprint density at radius 2 is 1.65 bits per heavy atom. The molecule has 0 aliphatic heterocycles. The zero-order chi connectivity index (χ0) is 12.4. The van der Waals surface area contributed by atoms with Gasteiger partial charge in [0.2, 0.25) is 5.28 Å². The quantitative estimate of drug-likeness (QED) is 0.653. The first kappa shape index (κ1) is 12.4. The summed E-state index contributed by atoms with van der Waals surface area (Å²) in [6, 6.07) is 7.24. The van der Waals surface area contributed by atoms with Crippen LogP contribution in [0.2, 0.25) is 15.5 Å². The van der Waals surface area contributed by atoms with Crippen molar-refractivity contribution in [2.75, 3.05) is 5.32 Å². The molecule has 0 saturated carbocycles. The first-order valence-corrected chi connectivity index (χ1v) is 5.92. The Labute approximate surface area is 114 Å². The lowest BCUT2D eigenvalue weighted by Crippen LogP contribution is -1.99. The van der Waals surface area contributed by atoms with Crippen LogP contribution in [0, 0.1) is 6.92 Å². The van der Waals surface area contributed by atoms with E-state index in [1.54, 1.807) is 19.1 Å². The largest absolute Gasteiger partial charge is 0.352 e. The smallest absolute Gasteiger partial charge is 0.224 e. The third kappa shape index (κ3) is 3.00. The van der Waals surface area contributed by atoms with Crippen LogP contribution in [0.15, 0.2) is 24.3 Å². The summed E-state index contributed by atoms with van der Waals surface area (Å²) in [7, 11) is 0. The maximum absolute atomic E-state index is 5.99. The average molecular weight is 289 g/mol. The summed E-state index contributed by atoms with van der Waals surface area (Å²) in [6.07, 6.45) is 0. The zero-order valence-electron chi connectivity index (χ0n) is 8.84. The summed E-state index contributed by atoms with van der Waals surface area (Å²) in [5, 5.41) is 4.22. The van der Waals surface area contributed by atoms with Crippen molar-refractivity contribution >= 4 is 46.2 Å². The standard InChI is InChI=1S/C11H8Cl3N3/c1-6-9(10(13)17-11(14)15-6)16-8-4-2-7(12)3-5-8/h2-5,16H,1H3. The van der Waals surface area contributed by atoms with Crippen molar-refractivity contribution in [2.45, 2.75) is 6.92 Å². The van der Waals surface area contributed by atoms with E-state index in [4.69, 9.17) is 34.8 Å². The molecule has 0 atom stereocenters. The molecule has 2 aromatic rings. The average Bonchev–Trinajstić information content (AvgIpc) is 2.26. The molecule has 2 rings (SSSR count). The van der Waals surface area contributed by atoms with Crippen LogP contribution >= 0.6 is 34.8 Å². The fraction of sp³-hybridized carbons (Fsp3) is 0.0909. The molecule has 0 saturated heterocycles. The Morgan fingerprint density at radius 1 is 1.00 bits per heavy atom. The number of benzene rings is 1. The van der Waals surface area contributed by atoms with Gasteiger partial charge in [-0.1, -0.05) is 23.2 Å². The van der Waals surface area contributed by atoms with Crippen LogP contribution in [-0.2, 0) is 0 Å². The highest BCUT2D eigenvalue weighted by Gasteiger charge is 2.09. The Morgan fingerprint density at radius 3 is 2.24 bits per heavy atom. The van der Waals surface area contributed by atoms with Gasteiger partial charge in [-0.05, 0) is 42.8 Å². The van der Waals surface area contributed by atoms with Crippen molar-refractivity contribution < 1.29 is 0 Å². The number of nitrogens with one attached hydrogen (secondary N) is 1. The molecule has 17 heavy (non-hydrogen) atoms. The minimum atomic E-state index is 0.133. The molecule has 0 fully saturated rings. The number of anilines is 2. The van der Waals surface area contributed by atoms with Crippen LogP contribution in [0.4, 0.5) is 11.4 Å². The van der Waals surface area contributed by atoms with Crippen molar-refractivity contribution in [2.24, 2.45) is 0 Å². The number of aryl methyl sites for hydroxylation is 1. The topological polar surface area (TPSA) is 37.8 Å². The molecule has 0 amide bonds. The van der Waals surface area contributed by atoms with Crippen LogP contribution in [0.5, 0.6) is 0 Å². The molecule has 0 aliphatic carbocycles. The van der Waals surface area contributed by atoms with Gasteiger partial charge in [0.1, 0.15) is 0 Å². The van der Waals surface area contributed by atoms with Gasteiger partial charge in [0.15, 0.2) is 5.15 Å². The summed E-state index contributed by atoms with van der Waals surface area (Å²) in [6.45, 7) is 1.80. The Kier molecular flexibility index (Phi) is 3.72. The SMILES string of the molecule is Cc1nc(Cl)nc(Cl)c1Nc1ccc(Cl)cc1. The molecule has 1 heterocycles. The fourth-order valence-electron chi connectivity index (χ4n) is 1.33. The molecule has 0 aliphatic rings. The van der Waals surface area contributed by atoms with E-state index in [1.807, 2.05) is 12.1 Å². The van der Waals surface area contributed by atoms with Gasteiger partial charge in [-0.15, -0.1) is 0 Å². The summed E-state index contributed by atoms with van der Waals surface area (Å²) in [5.74, 6) is 0. The molecule has 1 aromatic heterocycles. The predicted octanol–water partition coefficient (Wildman–Crippen LogP) is 4.49. The molecule has 0 radical (unpaired) electrons. The van der Waals surface area contributed by atoms with Crippen molar-refractivity contribution in [3.8, 4) is 0 Å². The lowest BCUT2D eigenvalue weighted by Gasteiger charge is -2.10. The molecule has 6 heteroatoms. The van der Waals surface area contributed by atoms with E-state index < -0.39 is 0 Å². The molecular formula is C11H8Cl3N3. The van der Waals surface area contributed by atoms with Crippen LogP contribution in [0.3, 0.4) is 0 Å². The Balaban J connectivity index is 2.33. The van der Waals surface area contributed by atoms with Crippen molar-refractivity contribution in [1.29, 1.82) is 0 Å². The molecule has 88 valence electrons. The number of aromatic nitrogens is 2. The molecule has 0 unspecified atom stereocenters. The van der Waals surface area contributed by atoms with E-state index in [-0.39, 0.29) is 10.4 Å². The molecular weight excluding hydrogens is 281 g/mol. The molecule has 3 nitrogen and oxygen atoms in total. The third-order valence-electron chi connectivity index (χ3n) is 2.13. The summed E-state index contributed by atoms with van der Waals surface area (Å²) < 4.78 is 0. The van der Waals surface area contributed by atoms with Crippen LogP contribution < -0.4 is 5.32 Å². The van der Waals surface area contributed by atoms with Gasteiger partial charge in [0.05, 0.1) is 11.4 Å². The number of hydrogen-bond donors (Lipinski definition) is 1. The maximum atomic E-state index is 5.99. The van der Waals surface area contributed by atoms with Gasteiger partial charge < -0.3 is 5.32 Å². The molecule has 1 N–H and O–H groups in total. The summed E-state index contributed by atoms with van der Waals surface area (Å²) in [4.78, 5) is 7.91. The third-order valence-corrected chi connectivity index (χ3v) is 2.83. The van der Waals surface area contributed by atoms with E-state index in [9.17, 15) is 0 Å². The number of nitrogens with zero attached hydrogens (tertiary/aromatic N) is 2. The number of hydrogen-bond acceptors (Lipinski definition) is 3. The lowest BCUT2D eigenvalue weighted by atomic mass is 10.3. The number of halogens is 3. The molecule has 0 spiro atoms. The fourth-order valence-corrected chi connectivity index (χ4v) is 1.97. The lowest BCUT2D eigenvalue weighted by molar-refractivity contribution is 1.10. The monoisotopic (exact) mass is 287 g/mol. The van der Waals surface area contributed by atoms with E-state index in [2.05, 4.69) is 15.3 Å². The predicted molar refractivity (Wildman–Crippen MR) is 71.5 cm³/mol. The highest BCUT2D eigenvalue weighted by atomic mass is 35.5. The van der Waals surface area contributed by atoms with Crippen molar-refractivity contribution in [3.63, 3.8) is 0 Å². The van der Waals surface area contributed by atoms with Crippen LogP contribution in [0.25, 0.3) is 0 Å². The molecule has 1 aromatic carbocycles. The van der Waals surface area contributed by atoms with E-state index >= 15 is 0 Å². The zero-order valence-corrected chi connectivity index (χ0v) is 11.1. The second-order valence-corrected chi connectivity index (χ2v) is 4.51. The van der Waals surface area contributed by atoms with E-state index in [1.165, 1.54) is 0 Å². The maximum Gasteiger partial charge on any atom is 0.224 e. The minimum Gasteiger partial charge on any atom is -0.352 e. The first-order chi connectivity index (χ1) is 8.06. The van der Waals surface area contributed by atoms with E-state index in [0.717, 1.165) is 5.69 Å².